The fourth-order valence-corrected chi connectivity index (χ4v) is 1.43. The summed E-state index contributed by atoms with van der Waals surface area (Å²) in [5.74, 6) is -1.50. The minimum atomic E-state index is -0.516. The van der Waals surface area contributed by atoms with Gasteiger partial charge >= 0.3 is 0 Å². The summed E-state index contributed by atoms with van der Waals surface area (Å²) in [5, 5.41) is 30.2. The van der Waals surface area contributed by atoms with Crippen LogP contribution in [0.1, 0.15) is 17.3 Å². The van der Waals surface area contributed by atoms with E-state index in [0.29, 0.717) is 6.54 Å². The van der Waals surface area contributed by atoms with E-state index in [-0.39, 0.29) is 23.7 Å². The monoisotopic (exact) mass is 253 g/mol. The smallest absolute Gasteiger partial charge is 0.258 e. The lowest BCUT2D eigenvalue weighted by molar-refractivity contribution is 0.0782. The number of hydrogen-bond donors (Lipinski definition) is 4. The van der Waals surface area contributed by atoms with Crippen molar-refractivity contribution in [3.8, 4) is 11.5 Å². The van der Waals surface area contributed by atoms with Crippen molar-refractivity contribution in [3.05, 3.63) is 23.8 Å². The summed E-state index contributed by atoms with van der Waals surface area (Å²) in [5.41, 5.74) is 5.29. The number of carbonyl (C=O) groups excluding carboxylic acids is 1. The number of aromatic hydroxyl groups is 2. The first-order chi connectivity index (χ1) is 8.51. The number of para-hydroxylation sites is 1. The van der Waals surface area contributed by atoms with Gasteiger partial charge in [-0.2, -0.15) is 0 Å². The maximum atomic E-state index is 12.1. The van der Waals surface area contributed by atoms with Crippen molar-refractivity contribution >= 4 is 11.7 Å². The molecule has 0 atom stereocenters. The van der Waals surface area contributed by atoms with E-state index in [9.17, 15) is 15.0 Å². The van der Waals surface area contributed by atoms with Crippen molar-refractivity contribution < 1.29 is 20.2 Å². The highest BCUT2D eigenvalue weighted by molar-refractivity contribution is 5.99. The van der Waals surface area contributed by atoms with Gasteiger partial charge in [0.05, 0.1) is 12.1 Å². The van der Waals surface area contributed by atoms with Crippen molar-refractivity contribution in [2.45, 2.75) is 6.92 Å². The average Bonchev–Trinajstić information content (AvgIpc) is 2.38. The van der Waals surface area contributed by atoms with Gasteiger partial charge in [-0.3, -0.25) is 4.79 Å². The van der Waals surface area contributed by atoms with Crippen LogP contribution in [-0.2, 0) is 0 Å². The topological polar surface area (TPSA) is 119 Å². The number of likely N-dealkylation sites (N-methyl/N-ethyl adjacent to an activating group) is 1. The summed E-state index contributed by atoms with van der Waals surface area (Å²) in [6, 6.07) is 4.10. The van der Waals surface area contributed by atoms with Crippen LogP contribution in [0.5, 0.6) is 11.5 Å². The number of nitrogens with two attached hydrogens (primary N) is 1. The van der Waals surface area contributed by atoms with Gasteiger partial charge in [0.25, 0.3) is 5.91 Å². The molecule has 0 aliphatic heterocycles. The van der Waals surface area contributed by atoms with Gasteiger partial charge in [-0.15, -0.1) is 0 Å². The molecule has 0 bridgehead atoms. The molecule has 98 valence electrons. The molecule has 0 heterocycles. The van der Waals surface area contributed by atoms with Crippen LogP contribution in [0.4, 0.5) is 0 Å². The SMILES string of the molecule is CCN(C/C(N)=N/O)C(=O)c1cccc(O)c1O. The van der Waals surface area contributed by atoms with Gasteiger partial charge in [-0.05, 0) is 19.1 Å². The zero-order valence-corrected chi connectivity index (χ0v) is 9.87. The minimum Gasteiger partial charge on any atom is -0.504 e. The zero-order valence-electron chi connectivity index (χ0n) is 9.87. The Bertz CT molecular complexity index is 473. The third-order valence-electron chi connectivity index (χ3n) is 2.40. The Morgan fingerprint density at radius 3 is 2.67 bits per heavy atom. The van der Waals surface area contributed by atoms with Crippen molar-refractivity contribution in [1.82, 2.24) is 4.90 Å². The zero-order chi connectivity index (χ0) is 13.7. The molecule has 0 saturated heterocycles. The Balaban J connectivity index is 3.00. The standard InChI is InChI=1S/C11H15N3O4/c1-2-14(6-9(12)13-18)11(17)7-4-3-5-8(15)10(7)16/h3-5,15-16,18H,2,6H2,1H3,(H2,12,13). The van der Waals surface area contributed by atoms with Crippen molar-refractivity contribution in [3.63, 3.8) is 0 Å². The molecule has 0 fully saturated rings. The Kier molecular flexibility index (Phi) is 4.36. The van der Waals surface area contributed by atoms with Gasteiger partial charge in [0.2, 0.25) is 0 Å². The fourth-order valence-electron chi connectivity index (χ4n) is 1.43. The summed E-state index contributed by atoms with van der Waals surface area (Å²) in [6.45, 7) is 1.95. The van der Waals surface area contributed by atoms with E-state index in [1.54, 1.807) is 6.92 Å². The number of rotatable bonds is 4. The molecule has 1 rings (SSSR count). The molecule has 0 aromatic heterocycles. The second kappa shape index (κ2) is 5.76. The summed E-state index contributed by atoms with van der Waals surface area (Å²) in [7, 11) is 0. The molecule has 7 nitrogen and oxygen atoms in total. The number of phenolic OH excluding ortho intramolecular Hbond substituents is 2. The van der Waals surface area contributed by atoms with E-state index in [2.05, 4.69) is 5.16 Å². The van der Waals surface area contributed by atoms with Crippen LogP contribution in [0.3, 0.4) is 0 Å². The number of phenols is 2. The van der Waals surface area contributed by atoms with E-state index in [1.807, 2.05) is 0 Å². The van der Waals surface area contributed by atoms with E-state index >= 15 is 0 Å². The van der Waals surface area contributed by atoms with Gasteiger partial charge < -0.3 is 26.1 Å². The van der Waals surface area contributed by atoms with Crippen LogP contribution in [0.25, 0.3) is 0 Å². The Morgan fingerprint density at radius 2 is 2.11 bits per heavy atom. The number of nitrogens with zero attached hydrogens (tertiary/aromatic N) is 2. The number of carbonyl (C=O) groups is 1. The third-order valence-corrected chi connectivity index (χ3v) is 2.40. The van der Waals surface area contributed by atoms with Crippen LogP contribution in [0.2, 0.25) is 0 Å². The lowest BCUT2D eigenvalue weighted by atomic mass is 10.1. The van der Waals surface area contributed by atoms with Crippen molar-refractivity contribution in [1.29, 1.82) is 0 Å². The van der Waals surface area contributed by atoms with Crippen LogP contribution in [-0.4, -0.2) is 45.2 Å². The first kappa shape index (κ1) is 13.6. The van der Waals surface area contributed by atoms with Crippen LogP contribution in [0.15, 0.2) is 23.4 Å². The quantitative estimate of drug-likeness (QED) is 0.202. The van der Waals surface area contributed by atoms with Crippen molar-refractivity contribution in [2.75, 3.05) is 13.1 Å². The molecule has 0 saturated carbocycles. The summed E-state index contributed by atoms with van der Waals surface area (Å²) < 4.78 is 0. The first-order valence-corrected chi connectivity index (χ1v) is 5.27. The molecule has 0 aliphatic carbocycles. The molecule has 1 amide bonds. The summed E-state index contributed by atoms with van der Waals surface area (Å²) in [6.07, 6.45) is 0. The van der Waals surface area contributed by atoms with Gasteiger partial charge in [-0.25, -0.2) is 0 Å². The summed E-state index contributed by atoms with van der Waals surface area (Å²) in [4.78, 5) is 13.3. The number of amidine groups is 1. The van der Waals surface area contributed by atoms with Crippen LogP contribution in [0, 0.1) is 0 Å². The molecular formula is C11H15N3O4. The molecule has 1 aromatic carbocycles. The normalized spacial score (nSPS) is 11.3. The Morgan fingerprint density at radius 1 is 1.44 bits per heavy atom. The van der Waals surface area contributed by atoms with Crippen molar-refractivity contribution in [2.24, 2.45) is 10.9 Å². The van der Waals surface area contributed by atoms with E-state index in [0.717, 1.165) is 0 Å². The van der Waals surface area contributed by atoms with E-state index in [1.165, 1.54) is 23.1 Å². The molecule has 0 spiro atoms. The molecule has 0 radical (unpaired) electrons. The number of hydrogen-bond acceptors (Lipinski definition) is 5. The van der Waals surface area contributed by atoms with E-state index in [4.69, 9.17) is 10.9 Å². The largest absolute Gasteiger partial charge is 0.504 e. The maximum Gasteiger partial charge on any atom is 0.258 e. The summed E-state index contributed by atoms with van der Waals surface area (Å²) >= 11 is 0. The molecule has 18 heavy (non-hydrogen) atoms. The molecule has 0 unspecified atom stereocenters. The van der Waals surface area contributed by atoms with E-state index < -0.39 is 11.7 Å². The average molecular weight is 253 g/mol. The number of oxime groups is 1. The predicted octanol–water partition coefficient (Wildman–Crippen LogP) is 0.306. The molecule has 0 aliphatic rings. The second-order valence-electron chi connectivity index (χ2n) is 3.58. The van der Waals surface area contributed by atoms with Gasteiger partial charge in [0, 0.05) is 6.54 Å². The highest BCUT2D eigenvalue weighted by Gasteiger charge is 2.20. The minimum absolute atomic E-state index is 0.0393. The van der Waals surface area contributed by atoms with Gasteiger partial charge in [0.1, 0.15) is 0 Å². The Hall–Kier alpha value is -2.44. The second-order valence-corrected chi connectivity index (χ2v) is 3.58. The molecule has 1 aromatic rings. The maximum absolute atomic E-state index is 12.1. The molecule has 7 heteroatoms. The third kappa shape index (κ3) is 2.82. The van der Waals surface area contributed by atoms with Crippen LogP contribution < -0.4 is 5.73 Å². The fraction of sp³-hybridized carbons (Fsp3) is 0.273. The highest BCUT2D eigenvalue weighted by Crippen LogP contribution is 2.28. The highest BCUT2D eigenvalue weighted by atomic mass is 16.4. The van der Waals surface area contributed by atoms with Gasteiger partial charge in [0.15, 0.2) is 17.3 Å². The lowest BCUT2D eigenvalue weighted by Gasteiger charge is -2.20. The predicted molar refractivity (Wildman–Crippen MR) is 64.8 cm³/mol. The van der Waals surface area contributed by atoms with Crippen LogP contribution >= 0.6 is 0 Å². The number of benzene rings is 1. The molecular weight excluding hydrogens is 238 g/mol. The first-order valence-electron chi connectivity index (χ1n) is 5.27. The van der Waals surface area contributed by atoms with Gasteiger partial charge in [-0.1, -0.05) is 11.2 Å². The Labute approximate surface area is 104 Å². The molecule has 5 N–H and O–H groups in total. The number of amides is 1. The lowest BCUT2D eigenvalue weighted by Crippen LogP contribution is -2.38.